The predicted octanol–water partition coefficient (Wildman–Crippen LogP) is 0.734. The number of nitrogens with one attached hydrogen (secondary N) is 2. The van der Waals surface area contributed by atoms with Gasteiger partial charge >= 0.3 is 0 Å². The molecule has 142 valence electrons. The highest BCUT2D eigenvalue weighted by Crippen LogP contribution is 2.21. The normalized spacial score (nSPS) is 12.1. The second kappa shape index (κ2) is 7.52. The van der Waals surface area contributed by atoms with E-state index in [0.29, 0.717) is 5.82 Å². The third-order valence-corrected chi connectivity index (χ3v) is 4.39. The van der Waals surface area contributed by atoms with Crippen molar-refractivity contribution >= 4 is 5.91 Å². The summed E-state index contributed by atoms with van der Waals surface area (Å²) in [6.45, 7) is 8.78. The molecule has 0 aliphatic heterocycles. The zero-order valence-electron chi connectivity index (χ0n) is 15.7. The summed E-state index contributed by atoms with van der Waals surface area (Å²) in [5, 5.41) is 11.3. The van der Waals surface area contributed by atoms with E-state index in [-0.39, 0.29) is 18.2 Å². The van der Waals surface area contributed by atoms with Crippen LogP contribution in [0.3, 0.4) is 0 Å². The van der Waals surface area contributed by atoms with Gasteiger partial charge < -0.3 is 10.3 Å². The van der Waals surface area contributed by atoms with Crippen molar-refractivity contribution in [3.8, 4) is 0 Å². The van der Waals surface area contributed by atoms with Crippen molar-refractivity contribution in [2.24, 2.45) is 0 Å². The van der Waals surface area contributed by atoms with Crippen LogP contribution in [0, 0.1) is 13.8 Å². The summed E-state index contributed by atoms with van der Waals surface area (Å²) in [4.78, 5) is 35.4. The minimum Gasteiger partial charge on any atom is -0.345 e. The first-order valence-corrected chi connectivity index (χ1v) is 8.66. The Hall–Kier alpha value is -3.30. The number of hydrogen-bond donors (Lipinski definition) is 2. The Balaban J connectivity index is 1.76. The van der Waals surface area contributed by atoms with Crippen molar-refractivity contribution in [2.75, 3.05) is 0 Å². The molecule has 0 radical (unpaired) electrons. The first kappa shape index (κ1) is 18.5. The van der Waals surface area contributed by atoms with Gasteiger partial charge in [0.05, 0.1) is 11.7 Å². The highest BCUT2D eigenvalue weighted by Gasteiger charge is 2.21. The van der Waals surface area contributed by atoms with Gasteiger partial charge in [-0.1, -0.05) is 0 Å². The van der Waals surface area contributed by atoms with Crippen LogP contribution in [0.1, 0.15) is 53.0 Å². The number of carbonyl (C=O) groups excluding carboxylic acids is 1. The maximum Gasteiger partial charge on any atom is 0.263 e. The minimum atomic E-state index is -0.498. The molecule has 2 N–H and O–H groups in total. The molecule has 0 saturated carbocycles. The van der Waals surface area contributed by atoms with E-state index >= 15 is 0 Å². The summed E-state index contributed by atoms with van der Waals surface area (Å²) in [7, 11) is 0. The molecule has 1 amide bonds. The van der Waals surface area contributed by atoms with Gasteiger partial charge in [-0.05, 0) is 27.7 Å². The second-order valence-corrected chi connectivity index (χ2v) is 6.26. The first-order chi connectivity index (χ1) is 12.9. The lowest BCUT2D eigenvalue weighted by Gasteiger charge is -2.15. The number of carbonyl (C=O) groups is 1. The second-order valence-electron chi connectivity index (χ2n) is 6.26. The fourth-order valence-corrected chi connectivity index (χ4v) is 3.13. The third-order valence-electron chi connectivity index (χ3n) is 4.39. The predicted molar refractivity (Wildman–Crippen MR) is 97.2 cm³/mol. The molecule has 27 heavy (non-hydrogen) atoms. The van der Waals surface area contributed by atoms with E-state index in [9.17, 15) is 9.59 Å². The highest BCUT2D eigenvalue weighted by molar-refractivity contribution is 5.93. The van der Waals surface area contributed by atoms with Crippen LogP contribution in [0.5, 0.6) is 0 Å². The van der Waals surface area contributed by atoms with E-state index in [4.69, 9.17) is 0 Å². The molecule has 0 aliphatic carbocycles. The lowest BCUT2D eigenvalue weighted by Crippen LogP contribution is -2.33. The van der Waals surface area contributed by atoms with Crippen molar-refractivity contribution in [1.29, 1.82) is 0 Å². The van der Waals surface area contributed by atoms with Gasteiger partial charge in [0.25, 0.3) is 11.5 Å². The van der Waals surface area contributed by atoms with Crippen LogP contribution in [0.25, 0.3) is 0 Å². The van der Waals surface area contributed by atoms with Gasteiger partial charge in [0.1, 0.15) is 30.6 Å². The van der Waals surface area contributed by atoms with E-state index in [1.54, 1.807) is 0 Å². The lowest BCUT2D eigenvalue weighted by atomic mass is 10.1. The number of aromatic nitrogens is 7. The van der Waals surface area contributed by atoms with Crippen molar-refractivity contribution < 1.29 is 4.79 Å². The molecule has 10 heteroatoms. The van der Waals surface area contributed by atoms with E-state index in [1.165, 1.54) is 23.5 Å². The lowest BCUT2D eigenvalue weighted by molar-refractivity contribution is 0.0937. The summed E-state index contributed by atoms with van der Waals surface area (Å²) in [5.74, 6) is -0.0855. The topological polar surface area (TPSA) is 123 Å². The van der Waals surface area contributed by atoms with Crippen molar-refractivity contribution in [1.82, 2.24) is 39.8 Å². The summed E-state index contributed by atoms with van der Waals surface area (Å²) in [6, 6.07) is -0.285. The molecule has 1 atom stereocenters. The Morgan fingerprint density at radius 2 is 2.15 bits per heavy atom. The Morgan fingerprint density at radius 1 is 1.37 bits per heavy atom. The van der Waals surface area contributed by atoms with E-state index < -0.39 is 11.5 Å². The fourth-order valence-electron chi connectivity index (χ4n) is 3.13. The molecule has 0 saturated heterocycles. The maximum atomic E-state index is 12.6. The quantitative estimate of drug-likeness (QED) is 0.659. The minimum absolute atomic E-state index is 0.0395. The molecular formula is C17H22N8O2. The summed E-state index contributed by atoms with van der Waals surface area (Å²) in [5.41, 5.74) is 2.28. The van der Waals surface area contributed by atoms with E-state index in [1.807, 2.05) is 32.4 Å². The van der Waals surface area contributed by atoms with Crippen LogP contribution in [-0.2, 0) is 13.1 Å². The van der Waals surface area contributed by atoms with E-state index in [0.717, 1.165) is 23.5 Å². The number of aryl methyl sites for hydroxylation is 2. The average Bonchev–Trinajstić information content (AvgIpc) is 3.22. The van der Waals surface area contributed by atoms with Crippen LogP contribution in [0.2, 0.25) is 0 Å². The number of amides is 1. The molecule has 3 aromatic heterocycles. The largest absolute Gasteiger partial charge is 0.345 e. The van der Waals surface area contributed by atoms with Crippen molar-refractivity contribution in [3.63, 3.8) is 0 Å². The number of rotatable bonds is 6. The molecule has 0 aromatic carbocycles. The standard InChI is InChI=1S/C17H22N8O2/c1-5-25-12(4)15(11(3)23-25)10(2)21-16(26)13-6-19-14(22-17(13)27)7-24-9-18-8-20-24/h6,8-10H,5,7H2,1-4H3,(H,21,26)(H,19,22,27)/t10-/m0/s1. The van der Waals surface area contributed by atoms with Crippen LogP contribution in [0.15, 0.2) is 23.6 Å². The summed E-state index contributed by atoms with van der Waals surface area (Å²) >= 11 is 0. The van der Waals surface area contributed by atoms with Gasteiger partial charge in [0, 0.05) is 24.0 Å². The molecule has 3 heterocycles. The molecule has 0 fully saturated rings. The van der Waals surface area contributed by atoms with E-state index in [2.05, 4.69) is 30.5 Å². The SMILES string of the molecule is CCn1nc(C)c([C@H](C)NC(=O)c2cnc(Cn3cncn3)[nH]c2=O)c1C. The molecule has 0 bridgehead atoms. The Kier molecular flexibility index (Phi) is 5.15. The summed E-state index contributed by atoms with van der Waals surface area (Å²) in [6.07, 6.45) is 4.19. The average molecular weight is 370 g/mol. The zero-order valence-corrected chi connectivity index (χ0v) is 15.7. The monoisotopic (exact) mass is 370 g/mol. The first-order valence-electron chi connectivity index (χ1n) is 8.66. The molecule has 10 nitrogen and oxygen atoms in total. The van der Waals surface area contributed by atoms with Crippen molar-refractivity contribution in [2.45, 2.75) is 46.8 Å². The molecular weight excluding hydrogens is 348 g/mol. The van der Waals surface area contributed by atoms with Gasteiger partial charge in [0.2, 0.25) is 0 Å². The Labute approximate surface area is 155 Å². The van der Waals surface area contributed by atoms with Crippen LogP contribution in [0.4, 0.5) is 0 Å². The van der Waals surface area contributed by atoms with Crippen molar-refractivity contribution in [3.05, 3.63) is 57.5 Å². The third kappa shape index (κ3) is 3.78. The molecule has 0 unspecified atom stereocenters. The Bertz CT molecular complexity index is 1000. The van der Waals surface area contributed by atoms with Gasteiger partial charge in [-0.25, -0.2) is 14.6 Å². The van der Waals surface area contributed by atoms with Crippen LogP contribution < -0.4 is 10.9 Å². The number of H-pyrrole nitrogens is 1. The fraction of sp³-hybridized carbons (Fsp3) is 0.412. The van der Waals surface area contributed by atoms with Gasteiger partial charge in [-0.3, -0.25) is 14.3 Å². The number of aromatic amines is 1. The molecule has 0 spiro atoms. The number of nitrogens with zero attached hydrogens (tertiary/aromatic N) is 6. The van der Waals surface area contributed by atoms with Gasteiger partial charge in [-0.2, -0.15) is 10.2 Å². The molecule has 3 rings (SSSR count). The smallest absolute Gasteiger partial charge is 0.263 e. The van der Waals surface area contributed by atoms with Gasteiger partial charge in [-0.15, -0.1) is 0 Å². The van der Waals surface area contributed by atoms with Crippen LogP contribution in [-0.4, -0.2) is 40.4 Å². The maximum absolute atomic E-state index is 12.6. The highest BCUT2D eigenvalue weighted by atomic mass is 16.2. The Morgan fingerprint density at radius 3 is 2.74 bits per heavy atom. The van der Waals surface area contributed by atoms with Crippen LogP contribution >= 0.6 is 0 Å². The molecule has 3 aromatic rings. The summed E-state index contributed by atoms with van der Waals surface area (Å²) < 4.78 is 3.41. The molecule has 0 aliphatic rings. The zero-order chi connectivity index (χ0) is 19.6. The number of hydrogen-bond acceptors (Lipinski definition) is 6. The van der Waals surface area contributed by atoms with Gasteiger partial charge in [0.15, 0.2) is 0 Å².